The van der Waals surface area contributed by atoms with Gasteiger partial charge in [0, 0.05) is 42.5 Å². The number of benzene rings is 1. The Morgan fingerprint density at radius 1 is 0.912 bits per heavy atom. The Labute approximate surface area is 200 Å². The number of pyridine rings is 1. The van der Waals surface area contributed by atoms with Crippen LogP contribution in [0.25, 0.3) is 11.3 Å². The van der Waals surface area contributed by atoms with Gasteiger partial charge in [-0.3, -0.25) is 19.5 Å². The number of fused-ring (bicyclic) bond motifs is 1. The van der Waals surface area contributed by atoms with E-state index in [9.17, 15) is 9.59 Å². The Kier molecular flexibility index (Phi) is 5.79. The van der Waals surface area contributed by atoms with E-state index in [4.69, 9.17) is 4.74 Å². The molecule has 4 heterocycles. The molecule has 1 aromatic heterocycles. The van der Waals surface area contributed by atoms with E-state index in [1.54, 1.807) is 12.4 Å². The summed E-state index contributed by atoms with van der Waals surface area (Å²) in [6, 6.07) is 10.3. The Balaban J connectivity index is 1.22. The standard InChI is InChI=1S/C28H31N3O3/c32-24-6-4-20-17-21(3-5-23(20)24)28-26(19-7-11-29-12-8-19)27(33)25(34-28)18-30-15-9-22(10-16-30)31-13-1-2-14-31/h3,5,7-8,11-12,17,22,25H,1-2,4,6,9-10,13-16,18H2. The first-order chi connectivity index (χ1) is 16.7. The molecular weight excluding hydrogens is 426 g/mol. The summed E-state index contributed by atoms with van der Waals surface area (Å²) in [5.41, 5.74) is 4.19. The van der Waals surface area contributed by atoms with Crippen LogP contribution >= 0.6 is 0 Å². The number of ketones is 2. The van der Waals surface area contributed by atoms with Crippen LogP contribution in [0.1, 0.15) is 59.2 Å². The van der Waals surface area contributed by atoms with E-state index in [0.29, 0.717) is 30.3 Å². The molecule has 1 aromatic carbocycles. The number of piperidine rings is 1. The van der Waals surface area contributed by atoms with E-state index < -0.39 is 6.10 Å². The van der Waals surface area contributed by atoms with E-state index in [1.165, 1.54) is 25.9 Å². The summed E-state index contributed by atoms with van der Waals surface area (Å²) in [4.78, 5) is 34.9. The van der Waals surface area contributed by atoms with Crippen molar-refractivity contribution in [1.29, 1.82) is 0 Å². The van der Waals surface area contributed by atoms with Gasteiger partial charge in [-0.2, -0.15) is 0 Å². The predicted molar refractivity (Wildman–Crippen MR) is 130 cm³/mol. The van der Waals surface area contributed by atoms with E-state index in [2.05, 4.69) is 14.8 Å². The highest BCUT2D eigenvalue weighted by Crippen LogP contribution is 2.38. The van der Waals surface area contributed by atoms with Crippen molar-refractivity contribution in [2.45, 2.75) is 50.7 Å². The number of rotatable bonds is 5. The van der Waals surface area contributed by atoms with Crippen LogP contribution < -0.4 is 0 Å². The maximum atomic E-state index is 13.6. The molecule has 0 amide bonds. The molecule has 2 aromatic rings. The van der Waals surface area contributed by atoms with Gasteiger partial charge < -0.3 is 9.64 Å². The van der Waals surface area contributed by atoms with Gasteiger partial charge in [-0.05, 0) is 87.6 Å². The van der Waals surface area contributed by atoms with Crippen molar-refractivity contribution in [2.75, 3.05) is 32.7 Å². The minimum absolute atomic E-state index is 0.0411. The SMILES string of the molecule is O=C1CCc2cc(C3=C(c4ccncc4)C(=O)C(CN4CCC(N5CCCC5)CC4)O3)ccc21. The molecule has 0 radical (unpaired) electrons. The van der Waals surface area contributed by atoms with E-state index >= 15 is 0 Å². The van der Waals surface area contributed by atoms with Gasteiger partial charge >= 0.3 is 0 Å². The zero-order valence-corrected chi connectivity index (χ0v) is 19.5. The number of aryl methyl sites for hydroxylation is 1. The Bertz CT molecular complexity index is 1130. The third-order valence-electron chi connectivity index (χ3n) is 7.92. The molecule has 1 unspecified atom stereocenters. The second-order valence-electron chi connectivity index (χ2n) is 9.98. The lowest BCUT2D eigenvalue weighted by Crippen LogP contribution is -2.46. The number of hydrogen-bond donors (Lipinski definition) is 0. The largest absolute Gasteiger partial charge is 0.479 e. The number of nitrogens with zero attached hydrogens (tertiary/aromatic N) is 3. The summed E-state index contributed by atoms with van der Waals surface area (Å²) in [6.45, 7) is 5.12. The number of likely N-dealkylation sites (tertiary alicyclic amines) is 2. The van der Waals surface area contributed by atoms with Gasteiger partial charge in [0.2, 0.25) is 5.78 Å². The number of carbonyl (C=O) groups is 2. The zero-order valence-electron chi connectivity index (χ0n) is 19.5. The maximum absolute atomic E-state index is 13.6. The van der Waals surface area contributed by atoms with Crippen LogP contribution in [0.2, 0.25) is 0 Å². The molecule has 6 nitrogen and oxygen atoms in total. The van der Waals surface area contributed by atoms with Gasteiger partial charge in [0.05, 0.1) is 5.57 Å². The van der Waals surface area contributed by atoms with Crippen LogP contribution in [-0.4, -0.2) is 71.2 Å². The number of Topliss-reactive ketones (excluding diaryl/α,β-unsaturated/α-hetero) is 2. The highest BCUT2D eigenvalue weighted by Gasteiger charge is 2.39. The summed E-state index contributed by atoms with van der Waals surface area (Å²) >= 11 is 0. The second kappa shape index (κ2) is 9.08. The molecule has 176 valence electrons. The number of hydrogen-bond acceptors (Lipinski definition) is 6. The summed E-state index contributed by atoms with van der Waals surface area (Å²) in [5.74, 6) is 0.873. The van der Waals surface area contributed by atoms with Crippen LogP contribution in [0, 0.1) is 0 Å². The van der Waals surface area contributed by atoms with Crippen molar-refractivity contribution >= 4 is 22.9 Å². The molecule has 2 fully saturated rings. The summed E-state index contributed by atoms with van der Waals surface area (Å²) < 4.78 is 6.42. The molecule has 34 heavy (non-hydrogen) atoms. The van der Waals surface area contributed by atoms with Gasteiger partial charge in [-0.25, -0.2) is 0 Å². The lowest BCUT2D eigenvalue weighted by Gasteiger charge is -2.37. The first-order valence-electron chi connectivity index (χ1n) is 12.7. The Morgan fingerprint density at radius 3 is 2.44 bits per heavy atom. The smallest absolute Gasteiger partial charge is 0.208 e. The molecule has 0 N–H and O–H groups in total. The third-order valence-corrected chi connectivity index (χ3v) is 7.92. The molecule has 0 spiro atoms. The fourth-order valence-electron chi connectivity index (χ4n) is 6.06. The van der Waals surface area contributed by atoms with Crippen molar-refractivity contribution in [3.8, 4) is 0 Å². The summed E-state index contributed by atoms with van der Waals surface area (Å²) in [6.07, 6.45) is 9.22. The summed E-state index contributed by atoms with van der Waals surface area (Å²) in [5, 5.41) is 0. The van der Waals surface area contributed by atoms with E-state index in [0.717, 1.165) is 54.6 Å². The molecular formula is C28H31N3O3. The molecule has 0 saturated carbocycles. The number of aromatic nitrogens is 1. The Morgan fingerprint density at radius 2 is 1.68 bits per heavy atom. The van der Waals surface area contributed by atoms with Crippen molar-refractivity contribution in [3.05, 3.63) is 65.0 Å². The van der Waals surface area contributed by atoms with Gasteiger partial charge in [-0.15, -0.1) is 0 Å². The average Bonchev–Trinajstić information content (AvgIpc) is 3.61. The third kappa shape index (κ3) is 3.99. The van der Waals surface area contributed by atoms with Gasteiger partial charge in [0.25, 0.3) is 0 Å². The highest BCUT2D eigenvalue weighted by atomic mass is 16.5. The normalized spacial score (nSPS) is 24.2. The number of ether oxygens (including phenoxy) is 1. The topological polar surface area (TPSA) is 62.7 Å². The van der Waals surface area contributed by atoms with E-state index in [-0.39, 0.29) is 11.6 Å². The molecule has 3 aliphatic heterocycles. The maximum Gasteiger partial charge on any atom is 0.208 e. The number of carbonyl (C=O) groups excluding carboxylic acids is 2. The first kappa shape index (κ1) is 21.7. The zero-order chi connectivity index (χ0) is 23.1. The van der Waals surface area contributed by atoms with Crippen molar-refractivity contribution < 1.29 is 14.3 Å². The molecule has 6 heteroatoms. The van der Waals surface area contributed by atoms with E-state index in [1.807, 2.05) is 30.3 Å². The van der Waals surface area contributed by atoms with Gasteiger partial charge in [-0.1, -0.05) is 12.1 Å². The summed E-state index contributed by atoms with van der Waals surface area (Å²) in [7, 11) is 0. The fraction of sp³-hybridized carbons (Fsp3) is 0.464. The molecule has 2 saturated heterocycles. The molecule has 6 rings (SSSR count). The highest BCUT2D eigenvalue weighted by molar-refractivity contribution is 6.31. The van der Waals surface area contributed by atoms with Gasteiger partial charge in [0.1, 0.15) is 5.76 Å². The Hall–Kier alpha value is -2.83. The van der Waals surface area contributed by atoms with Crippen LogP contribution in [0.3, 0.4) is 0 Å². The average molecular weight is 458 g/mol. The minimum atomic E-state index is -0.503. The second-order valence-corrected chi connectivity index (χ2v) is 9.98. The lowest BCUT2D eigenvalue weighted by molar-refractivity contribution is -0.120. The van der Waals surface area contributed by atoms with Crippen LogP contribution in [0.15, 0.2) is 42.7 Å². The lowest BCUT2D eigenvalue weighted by atomic mass is 9.96. The fourth-order valence-corrected chi connectivity index (χ4v) is 6.06. The molecule has 4 aliphatic rings. The van der Waals surface area contributed by atoms with Crippen LogP contribution in [0.5, 0.6) is 0 Å². The van der Waals surface area contributed by atoms with Crippen LogP contribution in [-0.2, 0) is 16.0 Å². The van der Waals surface area contributed by atoms with Crippen LogP contribution in [0.4, 0.5) is 0 Å². The molecule has 0 bridgehead atoms. The first-order valence-corrected chi connectivity index (χ1v) is 12.7. The van der Waals surface area contributed by atoms with Crippen molar-refractivity contribution in [1.82, 2.24) is 14.8 Å². The molecule has 1 atom stereocenters. The monoisotopic (exact) mass is 457 g/mol. The molecule has 1 aliphatic carbocycles. The van der Waals surface area contributed by atoms with Crippen molar-refractivity contribution in [2.24, 2.45) is 0 Å². The quantitative estimate of drug-likeness (QED) is 0.684. The van der Waals surface area contributed by atoms with Crippen molar-refractivity contribution in [3.63, 3.8) is 0 Å². The minimum Gasteiger partial charge on any atom is -0.479 e. The van der Waals surface area contributed by atoms with Gasteiger partial charge in [0.15, 0.2) is 11.9 Å². The predicted octanol–water partition coefficient (Wildman–Crippen LogP) is 3.61.